The summed E-state index contributed by atoms with van der Waals surface area (Å²) < 4.78 is 78.1. The van der Waals surface area contributed by atoms with Gasteiger partial charge in [0.15, 0.2) is 0 Å². The number of para-hydroxylation sites is 1. The minimum absolute atomic E-state index is 0.0202. The van der Waals surface area contributed by atoms with Crippen molar-refractivity contribution in [1.82, 2.24) is 26.2 Å². The Morgan fingerprint density at radius 3 is 2.09 bits per heavy atom. The number of benzene rings is 2. The SMILES string of the molecule is CC1(C)SCN(C(=O)[C@@H](O)C[C@@H](Cc2ccccc2)C(=O)N[C@H]2c3ccccc3OC[C@H]2O)[C@@H]1C(=O)NCC(F)(F)F.CC1(C)SCN[C@@H]1C(=O)NCC(F)(F)F. The number of aliphatic hydroxyl groups excluding tert-OH is 2. The molecule has 2 aromatic carbocycles. The van der Waals surface area contributed by atoms with Crippen molar-refractivity contribution in [1.29, 1.82) is 0 Å². The van der Waals surface area contributed by atoms with Gasteiger partial charge in [0.25, 0.3) is 5.91 Å². The first-order chi connectivity index (χ1) is 26.5. The summed E-state index contributed by atoms with van der Waals surface area (Å²) in [5, 5.41) is 31.1. The normalized spacial score (nSPS) is 23.5. The van der Waals surface area contributed by atoms with Crippen molar-refractivity contribution in [3.05, 3.63) is 65.7 Å². The molecule has 0 saturated carbocycles. The van der Waals surface area contributed by atoms with Gasteiger partial charge in [0.1, 0.15) is 49.7 Å². The van der Waals surface area contributed by atoms with E-state index in [0.29, 0.717) is 17.2 Å². The van der Waals surface area contributed by atoms with E-state index in [1.807, 2.05) is 30.5 Å². The maximum absolute atomic E-state index is 13.6. The Labute approximate surface area is 334 Å². The summed E-state index contributed by atoms with van der Waals surface area (Å²) in [6.45, 7) is 4.08. The van der Waals surface area contributed by atoms with Crippen molar-refractivity contribution in [3.8, 4) is 5.75 Å². The molecule has 3 aliphatic rings. The van der Waals surface area contributed by atoms with E-state index in [-0.39, 0.29) is 30.1 Å². The highest BCUT2D eigenvalue weighted by Crippen LogP contribution is 2.40. The van der Waals surface area contributed by atoms with Crippen LogP contribution in [0.4, 0.5) is 26.3 Å². The zero-order valence-corrected chi connectivity index (χ0v) is 33.2. The summed E-state index contributed by atoms with van der Waals surface area (Å²) in [4.78, 5) is 52.3. The Balaban J connectivity index is 0.000000403. The number of thioether (sulfide) groups is 2. The number of hydrogen-bond donors (Lipinski definition) is 6. The van der Waals surface area contributed by atoms with Crippen molar-refractivity contribution in [3.63, 3.8) is 0 Å². The molecule has 316 valence electrons. The highest BCUT2D eigenvalue weighted by atomic mass is 32.2. The van der Waals surface area contributed by atoms with E-state index in [0.717, 1.165) is 10.5 Å². The summed E-state index contributed by atoms with van der Waals surface area (Å²) in [6.07, 6.45) is -11.9. The third-order valence-electron chi connectivity index (χ3n) is 9.53. The zero-order chi connectivity index (χ0) is 42.3. The number of fused-ring (bicyclic) bond motifs is 1. The van der Waals surface area contributed by atoms with Crippen LogP contribution in [0.3, 0.4) is 0 Å². The maximum Gasteiger partial charge on any atom is 0.405 e. The van der Waals surface area contributed by atoms with Crippen molar-refractivity contribution < 1.29 is 60.5 Å². The fraction of sp³-hybridized carbons (Fsp3) is 0.568. The van der Waals surface area contributed by atoms with E-state index in [2.05, 4.69) is 10.6 Å². The lowest BCUT2D eigenvalue weighted by Crippen LogP contribution is -2.56. The molecule has 2 aromatic rings. The van der Waals surface area contributed by atoms with Gasteiger partial charge in [-0.25, -0.2) is 0 Å². The second kappa shape index (κ2) is 18.9. The average molecular weight is 852 g/mol. The Hall–Kier alpha value is -3.72. The number of halogens is 6. The molecule has 4 amide bonds. The second-order valence-electron chi connectivity index (χ2n) is 14.8. The maximum atomic E-state index is 13.6. The molecule has 6 N–H and O–H groups in total. The second-order valence-corrected chi connectivity index (χ2v) is 18.1. The molecule has 0 aliphatic carbocycles. The van der Waals surface area contributed by atoms with Crippen LogP contribution >= 0.6 is 23.5 Å². The highest BCUT2D eigenvalue weighted by Gasteiger charge is 2.50. The average Bonchev–Trinajstić information content (AvgIpc) is 3.66. The Morgan fingerprint density at radius 1 is 0.895 bits per heavy atom. The molecule has 0 unspecified atom stereocenters. The quantitative estimate of drug-likeness (QED) is 0.184. The number of nitrogens with one attached hydrogen (secondary N) is 4. The van der Waals surface area contributed by atoms with Gasteiger partial charge >= 0.3 is 12.4 Å². The number of aliphatic hydroxyl groups is 2. The van der Waals surface area contributed by atoms with Crippen LogP contribution in [-0.2, 0) is 25.6 Å². The van der Waals surface area contributed by atoms with Crippen molar-refractivity contribution >= 4 is 47.2 Å². The molecule has 12 nitrogen and oxygen atoms in total. The molecule has 20 heteroatoms. The van der Waals surface area contributed by atoms with Gasteiger partial charge in [-0.05, 0) is 52.2 Å². The summed E-state index contributed by atoms with van der Waals surface area (Å²) in [5.74, 6) is -2.79. The largest absolute Gasteiger partial charge is 0.490 e. The van der Waals surface area contributed by atoms with Gasteiger partial charge in [0.2, 0.25) is 17.7 Å². The van der Waals surface area contributed by atoms with Crippen LogP contribution in [0.2, 0.25) is 0 Å². The van der Waals surface area contributed by atoms with Crippen LogP contribution in [0.15, 0.2) is 54.6 Å². The third-order valence-corrected chi connectivity index (χ3v) is 12.2. The van der Waals surface area contributed by atoms with Crippen molar-refractivity contribution in [2.75, 3.05) is 31.4 Å². The van der Waals surface area contributed by atoms with Gasteiger partial charge in [0, 0.05) is 26.9 Å². The molecule has 57 heavy (non-hydrogen) atoms. The predicted molar refractivity (Wildman–Crippen MR) is 202 cm³/mol. The molecule has 5 rings (SSSR count). The lowest BCUT2D eigenvalue weighted by atomic mass is 9.90. The monoisotopic (exact) mass is 851 g/mol. The minimum Gasteiger partial charge on any atom is -0.490 e. The van der Waals surface area contributed by atoms with Crippen LogP contribution < -0.4 is 26.0 Å². The van der Waals surface area contributed by atoms with Gasteiger partial charge in [-0.3, -0.25) is 24.5 Å². The van der Waals surface area contributed by atoms with Gasteiger partial charge in [-0.1, -0.05) is 48.5 Å². The molecule has 0 aromatic heterocycles. The summed E-state index contributed by atoms with van der Waals surface area (Å²) in [6, 6.07) is 13.3. The van der Waals surface area contributed by atoms with Gasteiger partial charge in [0.05, 0.1) is 11.9 Å². The minimum atomic E-state index is -4.63. The van der Waals surface area contributed by atoms with Crippen molar-refractivity contribution in [2.45, 2.75) is 92.7 Å². The van der Waals surface area contributed by atoms with Crippen LogP contribution in [-0.4, -0.2) is 116 Å². The molecule has 3 heterocycles. The smallest absolute Gasteiger partial charge is 0.405 e. The molecule has 2 saturated heterocycles. The molecule has 0 bridgehead atoms. The summed E-state index contributed by atoms with van der Waals surface area (Å²) in [5.41, 5.74) is 1.36. The number of hydrogen-bond acceptors (Lipinski definition) is 10. The van der Waals surface area contributed by atoms with Crippen LogP contribution in [0.1, 0.15) is 51.3 Å². The molecule has 2 fully saturated rings. The molecular formula is C37H47F6N5O7S2. The third kappa shape index (κ3) is 12.9. The zero-order valence-electron chi connectivity index (χ0n) is 31.6. The Bertz CT molecular complexity index is 1720. The van der Waals surface area contributed by atoms with Crippen LogP contribution in [0.5, 0.6) is 5.75 Å². The molecule has 0 spiro atoms. The first-order valence-electron chi connectivity index (χ1n) is 17.9. The Kier molecular flexibility index (Phi) is 15.2. The number of amides is 4. The first-order valence-corrected chi connectivity index (χ1v) is 19.9. The molecule has 0 radical (unpaired) electrons. The van der Waals surface area contributed by atoms with E-state index < -0.39 is 90.1 Å². The molecule has 6 atom stereocenters. The van der Waals surface area contributed by atoms with E-state index in [4.69, 9.17) is 4.74 Å². The first kappa shape index (κ1) is 46.0. The number of carbonyl (C=O) groups excluding carboxylic acids is 4. The van der Waals surface area contributed by atoms with Gasteiger partial charge in [-0.2, -0.15) is 26.3 Å². The fourth-order valence-corrected chi connectivity index (χ4v) is 8.69. The lowest BCUT2D eigenvalue weighted by molar-refractivity contribution is -0.150. The Morgan fingerprint density at radius 2 is 1.49 bits per heavy atom. The van der Waals surface area contributed by atoms with Crippen LogP contribution in [0.25, 0.3) is 0 Å². The van der Waals surface area contributed by atoms with Gasteiger partial charge in [-0.15, -0.1) is 23.5 Å². The topological polar surface area (TPSA) is 169 Å². The lowest BCUT2D eigenvalue weighted by Gasteiger charge is -2.33. The number of carbonyl (C=O) groups is 4. The number of nitrogens with zero attached hydrogens (tertiary/aromatic N) is 1. The highest BCUT2D eigenvalue weighted by molar-refractivity contribution is 8.01. The number of ether oxygens (including phenoxy) is 1. The van der Waals surface area contributed by atoms with Crippen LogP contribution in [0, 0.1) is 5.92 Å². The molecule has 3 aliphatic heterocycles. The van der Waals surface area contributed by atoms with Gasteiger partial charge < -0.3 is 35.8 Å². The predicted octanol–water partition coefficient (Wildman–Crippen LogP) is 3.67. The van der Waals surface area contributed by atoms with E-state index in [1.165, 1.54) is 23.5 Å². The van der Waals surface area contributed by atoms with E-state index >= 15 is 0 Å². The summed E-state index contributed by atoms with van der Waals surface area (Å²) in [7, 11) is 0. The number of rotatable bonds is 11. The number of alkyl halides is 6. The summed E-state index contributed by atoms with van der Waals surface area (Å²) >= 11 is 2.72. The fourth-order valence-electron chi connectivity index (χ4n) is 6.57. The standard InChI is InChI=1S/C29H34F3N3O6S.C8H13F3N2OS/c1-28(2)24(26(39)33-15-29(30,31)32)35(16-42-28)27(40)20(36)13-18(12-17-8-4-3-5-9-17)25(38)34-23-19-10-6-7-11-22(19)41-14-21(23)37;1-7(2)5(13-4-15-7)6(14)12-3-8(9,10)11/h3-11,18,20-21,23-24,36-37H,12-16H2,1-2H3,(H,33,39)(H,34,38);5,13H,3-4H2,1-2H3,(H,12,14)/t18-,20+,21-,23+,24-;5-/m11/s1. The van der Waals surface area contributed by atoms with E-state index in [1.54, 1.807) is 62.4 Å². The van der Waals surface area contributed by atoms with E-state index in [9.17, 15) is 55.7 Å². The molecular weight excluding hydrogens is 805 g/mol. The van der Waals surface area contributed by atoms with Crippen molar-refractivity contribution in [2.24, 2.45) is 5.92 Å².